The molecule has 2 aromatic rings. The molecule has 1 aromatic carbocycles. The largest absolute Gasteiger partial charge is 0.321 e. The molecular formula is C12H11BrFN3. The van der Waals surface area contributed by atoms with Crippen LogP contribution < -0.4 is 5.73 Å². The summed E-state index contributed by atoms with van der Waals surface area (Å²) in [6.45, 7) is 0. The van der Waals surface area contributed by atoms with Gasteiger partial charge in [0.05, 0.1) is 10.5 Å². The second-order valence-corrected chi connectivity index (χ2v) is 4.52. The van der Waals surface area contributed by atoms with Crippen LogP contribution in [0.2, 0.25) is 0 Å². The van der Waals surface area contributed by atoms with Crippen LogP contribution in [0.15, 0.2) is 41.1 Å². The molecule has 2 N–H and O–H groups in total. The van der Waals surface area contributed by atoms with Crippen molar-refractivity contribution in [2.75, 3.05) is 0 Å². The van der Waals surface area contributed by atoms with Crippen molar-refractivity contribution >= 4 is 15.9 Å². The molecule has 88 valence electrons. The van der Waals surface area contributed by atoms with Gasteiger partial charge < -0.3 is 5.73 Å². The van der Waals surface area contributed by atoms with Crippen LogP contribution in [0.5, 0.6) is 0 Å². The summed E-state index contributed by atoms with van der Waals surface area (Å²) in [5.41, 5.74) is 6.92. The molecular weight excluding hydrogens is 285 g/mol. The summed E-state index contributed by atoms with van der Waals surface area (Å²) in [4.78, 5) is 8.19. The summed E-state index contributed by atoms with van der Waals surface area (Å²) >= 11 is 3.15. The van der Waals surface area contributed by atoms with Crippen LogP contribution in [-0.4, -0.2) is 9.97 Å². The Balaban J connectivity index is 2.13. The summed E-state index contributed by atoms with van der Waals surface area (Å²) in [6.07, 6.45) is 3.88. The van der Waals surface area contributed by atoms with Crippen molar-refractivity contribution < 1.29 is 4.39 Å². The lowest BCUT2D eigenvalue weighted by Gasteiger charge is -2.10. The van der Waals surface area contributed by atoms with Crippen LogP contribution in [0, 0.1) is 5.82 Å². The van der Waals surface area contributed by atoms with E-state index in [1.54, 1.807) is 30.6 Å². The zero-order valence-corrected chi connectivity index (χ0v) is 10.6. The number of halogens is 2. The van der Waals surface area contributed by atoms with Gasteiger partial charge in [-0.2, -0.15) is 0 Å². The molecule has 0 saturated carbocycles. The fourth-order valence-electron chi connectivity index (χ4n) is 1.51. The van der Waals surface area contributed by atoms with Crippen molar-refractivity contribution in [1.29, 1.82) is 0 Å². The predicted molar refractivity (Wildman–Crippen MR) is 66.8 cm³/mol. The summed E-state index contributed by atoms with van der Waals surface area (Å²) in [5.74, 6) is 0.311. The van der Waals surface area contributed by atoms with E-state index in [4.69, 9.17) is 5.73 Å². The second-order valence-electron chi connectivity index (χ2n) is 3.67. The summed E-state index contributed by atoms with van der Waals surface area (Å²) in [5, 5.41) is 0. The molecule has 3 nitrogen and oxygen atoms in total. The van der Waals surface area contributed by atoms with E-state index in [0.717, 1.165) is 5.56 Å². The SMILES string of the molecule is NC(Cc1ccc(F)c(Br)c1)c1ncccn1. The molecule has 1 heterocycles. The standard InChI is InChI=1S/C12H11BrFN3/c13-9-6-8(2-3-10(9)14)7-11(15)12-16-4-1-5-17-12/h1-6,11H,7,15H2. The molecule has 0 aliphatic heterocycles. The van der Waals surface area contributed by atoms with Crippen molar-refractivity contribution in [2.45, 2.75) is 12.5 Å². The van der Waals surface area contributed by atoms with Gasteiger partial charge in [-0.15, -0.1) is 0 Å². The Bertz CT molecular complexity index is 504. The Morgan fingerprint density at radius 3 is 2.65 bits per heavy atom. The molecule has 0 aliphatic rings. The second kappa shape index (κ2) is 5.33. The van der Waals surface area contributed by atoms with Gasteiger partial charge in [-0.1, -0.05) is 6.07 Å². The van der Waals surface area contributed by atoms with Crippen LogP contribution in [0.25, 0.3) is 0 Å². The minimum absolute atomic E-state index is 0.279. The van der Waals surface area contributed by atoms with Crippen LogP contribution in [0.4, 0.5) is 4.39 Å². The maximum atomic E-state index is 13.1. The van der Waals surface area contributed by atoms with Crippen molar-refractivity contribution in [2.24, 2.45) is 5.73 Å². The fourth-order valence-corrected chi connectivity index (χ4v) is 1.94. The molecule has 0 amide bonds. The molecule has 5 heteroatoms. The first-order valence-corrected chi connectivity index (χ1v) is 5.92. The zero-order valence-electron chi connectivity index (χ0n) is 8.98. The van der Waals surface area contributed by atoms with E-state index in [2.05, 4.69) is 25.9 Å². The zero-order chi connectivity index (χ0) is 12.3. The van der Waals surface area contributed by atoms with Gasteiger partial charge >= 0.3 is 0 Å². The lowest BCUT2D eigenvalue weighted by atomic mass is 10.1. The van der Waals surface area contributed by atoms with E-state index < -0.39 is 0 Å². The van der Waals surface area contributed by atoms with Gasteiger partial charge in [0.25, 0.3) is 0 Å². The number of hydrogen-bond donors (Lipinski definition) is 1. The molecule has 1 atom stereocenters. The van der Waals surface area contributed by atoms with Gasteiger partial charge in [-0.25, -0.2) is 14.4 Å². The minimum Gasteiger partial charge on any atom is -0.321 e. The summed E-state index contributed by atoms with van der Waals surface area (Å²) < 4.78 is 13.5. The third-order valence-corrected chi connectivity index (χ3v) is 2.96. The van der Waals surface area contributed by atoms with E-state index in [0.29, 0.717) is 16.7 Å². The Kier molecular flexibility index (Phi) is 3.81. The van der Waals surface area contributed by atoms with Crippen molar-refractivity contribution in [3.63, 3.8) is 0 Å². The molecule has 0 aliphatic carbocycles. The van der Waals surface area contributed by atoms with Gasteiger partial charge in [-0.3, -0.25) is 0 Å². The summed E-state index contributed by atoms with van der Waals surface area (Å²) in [6, 6.07) is 6.30. The quantitative estimate of drug-likeness (QED) is 0.947. The van der Waals surface area contributed by atoms with Gasteiger partial charge in [-0.05, 0) is 46.1 Å². The maximum Gasteiger partial charge on any atom is 0.145 e. The van der Waals surface area contributed by atoms with Gasteiger partial charge in [0.1, 0.15) is 11.6 Å². The Labute approximate surface area is 107 Å². The highest BCUT2D eigenvalue weighted by Crippen LogP contribution is 2.19. The van der Waals surface area contributed by atoms with Crippen LogP contribution in [0.3, 0.4) is 0 Å². The van der Waals surface area contributed by atoms with Crippen LogP contribution in [0.1, 0.15) is 17.4 Å². The molecule has 0 saturated heterocycles. The van der Waals surface area contributed by atoms with E-state index in [1.807, 2.05) is 0 Å². The Morgan fingerprint density at radius 1 is 1.29 bits per heavy atom. The highest BCUT2D eigenvalue weighted by atomic mass is 79.9. The number of hydrogen-bond acceptors (Lipinski definition) is 3. The van der Waals surface area contributed by atoms with Crippen molar-refractivity contribution in [1.82, 2.24) is 9.97 Å². The fraction of sp³-hybridized carbons (Fsp3) is 0.167. The monoisotopic (exact) mass is 295 g/mol. The molecule has 0 spiro atoms. The highest BCUT2D eigenvalue weighted by Gasteiger charge is 2.10. The number of aromatic nitrogens is 2. The van der Waals surface area contributed by atoms with Gasteiger partial charge in [0, 0.05) is 12.4 Å². The van der Waals surface area contributed by atoms with Gasteiger partial charge in [0.15, 0.2) is 0 Å². The van der Waals surface area contributed by atoms with E-state index in [9.17, 15) is 4.39 Å². The lowest BCUT2D eigenvalue weighted by Crippen LogP contribution is -2.16. The van der Waals surface area contributed by atoms with Crippen molar-refractivity contribution in [3.05, 3.63) is 58.3 Å². The molecule has 0 fully saturated rings. The Morgan fingerprint density at radius 2 is 2.00 bits per heavy atom. The first kappa shape index (κ1) is 12.1. The van der Waals surface area contributed by atoms with E-state index in [1.165, 1.54) is 6.07 Å². The lowest BCUT2D eigenvalue weighted by molar-refractivity contribution is 0.617. The smallest absolute Gasteiger partial charge is 0.145 e. The number of nitrogens with two attached hydrogens (primary N) is 1. The van der Waals surface area contributed by atoms with E-state index >= 15 is 0 Å². The number of benzene rings is 1. The normalized spacial score (nSPS) is 12.4. The number of nitrogens with zero attached hydrogens (tertiary/aromatic N) is 2. The van der Waals surface area contributed by atoms with Crippen molar-refractivity contribution in [3.8, 4) is 0 Å². The maximum absolute atomic E-state index is 13.1. The first-order chi connectivity index (χ1) is 8.16. The molecule has 2 rings (SSSR count). The van der Waals surface area contributed by atoms with Gasteiger partial charge in [0.2, 0.25) is 0 Å². The average molecular weight is 296 g/mol. The highest BCUT2D eigenvalue weighted by molar-refractivity contribution is 9.10. The third-order valence-electron chi connectivity index (χ3n) is 2.36. The first-order valence-electron chi connectivity index (χ1n) is 5.13. The molecule has 1 unspecified atom stereocenters. The predicted octanol–water partition coefficient (Wildman–Crippen LogP) is 2.62. The van der Waals surface area contributed by atoms with E-state index in [-0.39, 0.29) is 11.9 Å². The summed E-state index contributed by atoms with van der Waals surface area (Å²) in [7, 11) is 0. The number of rotatable bonds is 3. The van der Waals surface area contributed by atoms with Crippen LogP contribution >= 0.6 is 15.9 Å². The average Bonchev–Trinajstić information content (AvgIpc) is 2.35. The minimum atomic E-state index is -0.284. The Hall–Kier alpha value is -1.33. The topological polar surface area (TPSA) is 51.8 Å². The molecule has 0 radical (unpaired) electrons. The molecule has 1 aromatic heterocycles. The van der Waals surface area contributed by atoms with Crippen LogP contribution in [-0.2, 0) is 6.42 Å². The molecule has 0 bridgehead atoms. The molecule has 17 heavy (non-hydrogen) atoms. The third kappa shape index (κ3) is 3.08.